The van der Waals surface area contributed by atoms with E-state index in [1.165, 1.54) is 11.1 Å². The number of amides is 1. The van der Waals surface area contributed by atoms with Crippen LogP contribution in [-0.4, -0.2) is 54.5 Å². The number of fused-ring (bicyclic) bond motifs is 1. The van der Waals surface area contributed by atoms with Gasteiger partial charge >= 0.3 is 6.09 Å². The van der Waals surface area contributed by atoms with Crippen LogP contribution in [0.5, 0.6) is 0 Å². The molecule has 0 spiro atoms. The maximum absolute atomic E-state index is 12.6. The third-order valence-corrected chi connectivity index (χ3v) is 7.05. The molecule has 0 radical (unpaired) electrons. The monoisotopic (exact) mass is 500 g/mol. The number of benzene rings is 2. The Morgan fingerprint density at radius 2 is 1.76 bits per heavy atom. The molecule has 0 saturated heterocycles. The molecule has 5 nitrogen and oxygen atoms in total. The summed E-state index contributed by atoms with van der Waals surface area (Å²) in [7, 11) is 3.77. The van der Waals surface area contributed by atoms with E-state index in [9.17, 15) is 9.59 Å². The highest BCUT2D eigenvalue weighted by molar-refractivity contribution is 7.98. The van der Waals surface area contributed by atoms with Crippen LogP contribution in [0.25, 0.3) is 0 Å². The van der Waals surface area contributed by atoms with Gasteiger partial charge in [-0.25, -0.2) is 4.79 Å². The van der Waals surface area contributed by atoms with E-state index < -0.39 is 5.60 Å². The molecule has 1 heterocycles. The molecule has 2 aromatic carbocycles. The lowest BCUT2D eigenvalue weighted by Crippen LogP contribution is -2.38. The van der Waals surface area contributed by atoms with Gasteiger partial charge in [0.25, 0.3) is 0 Å². The average molecular weight is 501 g/mol. The first-order valence-corrected chi connectivity index (χ1v) is 12.8. The number of halogens is 1. The molecule has 0 saturated carbocycles. The van der Waals surface area contributed by atoms with Crippen molar-refractivity contribution < 1.29 is 14.3 Å². The van der Waals surface area contributed by atoms with Crippen molar-refractivity contribution in [1.29, 1.82) is 0 Å². The summed E-state index contributed by atoms with van der Waals surface area (Å²) in [5.74, 6) is 0.729. The fraction of sp³-hybridized carbons (Fsp3) is 0.407. The Morgan fingerprint density at radius 1 is 1.09 bits per heavy atom. The largest absolute Gasteiger partial charge is 0.444 e. The van der Waals surface area contributed by atoms with E-state index in [2.05, 4.69) is 6.07 Å². The Hall–Kier alpha value is -2.44. The van der Waals surface area contributed by atoms with Crippen LogP contribution in [0.3, 0.4) is 0 Å². The van der Waals surface area contributed by atoms with Crippen molar-refractivity contribution in [1.82, 2.24) is 9.80 Å². The summed E-state index contributed by atoms with van der Waals surface area (Å²) in [4.78, 5) is 29.5. The number of thioether (sulfide) groups is 1. The lowest BCUT2D eigenvalue weighted by atomic mass is 10.0. The zero-order valence-electron chi connectivity index (χ0n) is 20.6. The number of allylic oxidation sites excluding steroid dienone is 1. The van der Waals surface area contributed by atoms with Crippen molar-refractivity contribution in [2.45, 2.75) is 49.9 Å². The molecule has 1 aliphatic rings. The van der Waals surface area contributed by atoms with Crippen molar-refractivity contribution in [2.75, 3.05) is 27.2 Å². The maximum Gasteiger partial charge on any atom is 0.410 e. The fourth-order valence-electron chi connectivity index (χ4n) is 3.66. The summed E-state index contributed by atoms with van der Waals surface area (Å²) in [5, 5.41) is 0.732. The van der Waals surface area contributed by atoms with Crippen LogP contribution in [0.4, 0.5) is 4.79 Å². The number of hydrogen-bond donors (Lipinski definition) is 0. The van der Waals surface area contributed by atoms with Gasteiger partial charge in [-0.05, 0) is 56.4 Å². The number of ketones is 1. The molecule has 0 atom stereocenters. The van der Waals surface area contributed by atoms with Gasteiger partial charge in [0, 0.05) is 55.7 Å². The highest BCUT2D eigenvalue weighted by Gasteiger charge is 2.25. The molecule has 1 amide bonds. The summed E-state index contributed by atoms with van der Waals surface area (Å²) in [6.07, 6.45) is 4.57. The maximum atomic E-state index is 12.6. The van der Waals surface area contributed by atoms with E-state index in [1.54, 1.807) is 28.9 Å². The van der Waals surface area contributed by atoms with Crippen LogP contribution in [0, 0.1) is 0 Å². The molecule has 0 fully saturated rings. The van der Waals surface area contributed by atoms with Crippen molar-refractivity contribution in [3.63, 3.8) is 0 Å². The first-order chi connectivity index (χ1) is 16.0. The quantitative estimate of drug-likeness (QED) is 0.267. The lowest BCUT2D eigenvalue weighted by molar-refractivity contribution is 0.0258. The second-order valence-corrected chi connectivity index (χ2v) is 11.0. The number of rotatable bonds is 6. The molecule has 3 rings (SSSR count). The molecule has 1 aliphatic heterocycles. The van der Waals surface area contributed by atoms with Crippen molar-refractivity contribution in [2.24, 2.45) is 0 Å². The van der Waals surface area contributed by atoms with Crippen molar-refractivity contribution >= 4 is 35.2 Å². The van der Waals surface area contributed by atoms with Crippen LogP contribution in [-0.2, 0) is 23.3 Å². The standard InChI is InChI=1S/C27H33ClN2O3S/c1-27(2,3)33-26(32)30-16-12-20-10-11-23(28)25(22(20)13-17-30)34-18-19-6-8-21(9-7-19)24(31)14-15-29(4)5/h6-11,14-15H,12-13,16-18H2,1-5H3. The Balaban J connectivity index is 1.69. The van der Waals surface area contributed by atoms with Gasteiger partial charge < -0.3 is 14.5 Å². The Bertz CT molecular complexity index is 1060. The highest BCUT2D eigenvalue weighted by Crippen LogP contribution is 2.36. The molecule has 7 heteroatoms. The zero-order chi connectivity index (χ0) is 24.9. The molecule has 0 aliphatic carbocycles. The van der Waals surface area contributed by atoms with Gasteiger partial charge in [-0.15, -0.1) is 11.8 Å². The lowest BCUT2D eigenvalue weighted by Gasteiger charge is -2.26. The molecular weight excluding hydrogens is 468 g/mol. The van der Waals surface area contributed by atoms with Crippen LogP contribution in [0.2, 0.25) is 5.02 Å². The van der Waals surface area contributed by atoms with Gasteiger partial charge in [-0.1, -0.05) is 41.9 Å². The third-order valence-electron chi connectivity index (χ3n) is 5.39. The fourth-order valence-corrected chi connectivity index (χ4v) is 5.12. The van der Waals surface area contributed by atoms with Crippen LogP contribution < -0.4 is 0 Å². The summed E-state index contributed by atoms with van der Waals surface area (Å²) in [5.41, 5.74) is 3.72. The number of nitrogens with zero attached hydrogens (tertiary/aromatic N) is 2. The van der Waals surface area contributed by atoms with E-state index in [-0.39, 0.29) is 11.9 Å². The molecule has 0 N–H and O–H groups in total. The second-order valence-electron chi connectivity index (χ2n) is 9.61. The Labute approximate surface area is 212 Å². The van der Waals surface area contributed by atoms with E-state index >= 15 is 0 Å². The van der Waals surface area contributed by atoms with Crippen LogP contribution in [0.15, 0.2) is 53.6 Å². The van der Waals surface area contributed by atoms with Crippen LogP contribution >= 0.6 is 23.4 Å². The number of carbonyl (C=O) groups is 2. The number of carbonyl (C=O) groups excluding carboxylic acids is 2. The van der Waals surface area contributed by atoms with E-state index in [1.807, 2.05) is 70.1 Å². The van der Waals surface area contributed by atoms with Gasteiger partial charge in [0.05, 0.1) is 5.02 Å². The topological polar surface area (TPSA) is 49.9 Å². The first kappa shape index (κ1) is 26.2. The van der Waals surface area contributed by atoms with Crippen molar-refractivity contribution in [3.8, 4) is 0 Å². The number of hydrogen-bond acceptors (Lipinski definition) is 5. The molecule has 182 valence electrons. The average Bonchev–Trinajstić information content (AvgIpc) is 2.99. The Morgan fingerprint density at radius 3 is 2.41 bits per heavy atom. The summed E-state index contributed by atoms with van der Waals surface area (Å²) in [6.45, 7) is 6.89. The minimum atomic E-state index is -0.511. The molecule has 2 aromatic rings. The van der Waals surface area contributed by atoms with Gasteiger partial charge in [0.15, 0.2) is 5.78 Å². The normalized spacial score (nSPS) is 14.0. The second kappa shape index (κ2) is 11.3. The van der Waals surface area contributed by atoms with E-state index in [0.29, 0.717) is 18.7 Å². The van der Waals surface area contributed by atoms with Gasteiger partial charge in [0.2, 0.25) is 0 Å². The summed E-state index contributed by atoms with van der Waals surface area (Å²) >= 11 is 8.31. The first-order valence-electron chi connectivity index (χ1n) is 11.4. The summed E-state index contributed by atoms with van der Waals surface area (Å²) in [6, 6.07) is 11.7. The smallest absolute Gasteiger partial charge is 0.410 e. The highest BCUT2D eigenvalue weighted by atomic mass is 35.5. The van der Waals surface area contributed by atoms with Crippen LogP contribution in [0.1, 0.15) is 47.8 Å². The zero-order valence-corrected chi connectivity index (χ0v) is 22.1. The van der Waals surface area contributed by atoms with Gasteiger partial charge in [0.1, 0.15) is 5.60 Å². The Kier molecular flexibility index (Phi) is 8.72. The minimum Gasteiger partial charge on any atom is -0.444 e. The molecule has 0 unspecified atom stereocenters. The third kappa shape index (κ3) is 7.28. The molecule has 0 aromatic heterocycles. The molecular formula is C27H33ClN2O3S. The molecule has 0 bridgehead atoms. The minimum absolute atomic E-state index is 0.0149. The van der Waals surface area contributed by atoms with Crippen molar-refractivity contribution in [3.05, 3.63) is 76.0 Å². The predicted octanol–water partition coefficient (Wildman–Crippen LogP) is 6.23. The molecule has 34 heavy (non-hydrogen) atoms. The van der Waals surface area contributed by atoms with Gasteiger partial charge in [-0.2, -0.15) is 0 Å². The summed E-state index contributed by atoms with van der Waals surface area (Å²) < 4.78 is 5.57. The van der Waals surface area contributed by atoms with E-state index in [4.69, 9.17) is 16.3 Å². The SMILES string of the molecule is CN(C)C=CC(=O)c1ccc(CSc2c(Cl)ccc3c2CCN(C(=O)OC(C)(C)C)CC3)cc1. The predicted molar refractivity (Wildman–Crippen MR) is 140 cm³/mol. The van der Waals surface area contributed by atoms with Gasteiger partial charge in [-0.3, -0.25) is 4.79 Å². The number of ether oxygens (including phenoxy) is 1. The van der Waals surface area contributed by atoms with E-state index in [0.717, 1.165) is 34.1 Å².